The summed E-state index contributed by atoms with van der Waals surface area (Å²) in [6.07, 6.45) is 1.51. The minimum Gasteiger partial charge on any atom is -0.409 e. The van der Waals surface area contributed by atoms with Crippen molar-refractivity contribution in [1.82, 2.24) is 10.2 Å². The molecular weight excluding hydrogens is 270 g/mol. The van der Waals surface area contributed by atoms with Gasteiger partial charge in [0.25, 0.3) is 0 Å². The largest absolute Gasteiger partial charge is 0.409 e. The number of oxime groups is 1. The third-order valence-corrected chi connectivity index (χ3v) is 3.44. The summed E-state index contributed by atoms with van der Waals surface area (Å²) in [5.74, 6) is 0.709. The summed E-state index contributed by atoms with van der Waals surface area (Å²) in [6, 6.07) is 0. The number of nitrogens with two attached hydrogens (primary N) is 1. The van der Waals surface area contributed by atoms with E-state index in [9.17, 15) is 0 Å². The molecule has 0 aromatic carbocycles. The Hall–Kier alpha value is -1.89. The highest BCUT2D eigenvalue weighted by Crippen LogP contribution is 2.23. The molecule has 0 amide bonds. The highest BCUT2D eigenvalue weighted by atomic mass is 16.5. The van der Waals surface area contributed by atoms with E-state index in [1.165, 1.54) is 0 Å². The smallest absolute Gasteiger partial charge is 0.174 e. The maximum atomic E-state index is 9.10. The topological polar surface area (TPSA) is 96.9 Å². The van der Waals surface area contributed by atoms with Crippen molar-refractivity contribution >= 4 is 11.7 Å². The van der Waals surface area contributed by atoms with Gasteiger partial charge in [-0.15, -0.1) is 5.10 Å². The molecule has 21 heavy (non-hydrogen) atoms. The molecule has 3 N–H and O–H groups in total. The fourth-order valence-corrected chi connectivity index (χ4v) is 2.32. The molecule has 7 nitrogen and oxygen atoms in total. The van der Waals surface area contributed by atoms with Gasteiger partial charge in [0.2, 0.25) is 0 Å². The van der Waals surface area contributed by atoms with E-state index >= 15 is 0 Å². The molecule has 118 valence electrons. The fourth-order valence-electron chi connectivity index (χ4n) is 2.32. The maximum Gasteiger partial charge on any atom is 0.174 e. The lowest BCUT2D eigenvalue weighted by atomic mass is 10.0. The van der Waals surface area contributed by atoms with E-state index in [1.807, 2.05) is 25.7 Å². The first kappa shape index (κ1) is 17.2. The van der Waals surface area contributed by atoms with Crippen LogP contribution in [0.2, 0.25) is 0 Å². The van der Waals surface area contributed by atoms with E-state index in [4.69, 9.17) is 15.7 Å². The van der Waals surface area contributed by atoms with Gasteiger partial charge in [-0.2, -0.15) is 5.10 Å². The van der Waals surface area contributed by atoms with Gasteiger partial charge in [0.15, 0.2) is 11.7 Å². The molecule has 0 saturated heterocycles. The van der Waals surface area contributed by atoms with Crippen LogP contribution in [0.25, 0.3) is 0 Å². The lowest BCUT2D eigenvalue weighted by molar-refractivity contribution is 0.205. The van der Waals surface area contributed by atoms with Crippen LogP contribution in [0.15, 0.2) is 5.16 Å². The molecule has 0 bridgehead atoms. The summed E-state index contributed by atoms with van der Waals surface area (Å²) in [5.41, 5.74) is 8.42. The number of hydrogen-bond acceptors (Lipinski definition) is 6. The quantitative estimate of drug-likeness (QED) is 0.323. The van der Waals surface area contributed by atoms with E-state index < -0.39 is 0 Å². The average molecular weight is 295 g/mol. The Morgan fingerprint density at radius 3 is 2.48 bits per heavy atom. The predicted octanol–water partition coefficient (Wildman–Crippen LogP) is 1.17. The normalized spacial score (nSPS) is 11.7. The van der Waals surface area contributed by atoms with Gasteiger partial charge in [0.05, 0.1) is 17.9 Å². The molecule has 0 unspecified atom stereocenters. The molecule has 0 spiro atoms. The van der Waals surface area contributed by atoms with Crippen LogP contribution in [0.1, 0.15) is 37.6 Å². The fraction of sp³-hybridized carbons (Fsp3) is 0.643. The number of nitrogens with zero attached hydrogens (tertiary/aromatic N) is 4. The molecule has 0 aliphatic heterocycles. The van der Waals surface area contributed by atoms with Crippen molar-refractivity contribution in [2.45, 2.75) is 33.6 Å². The SMILES string of the molecule is CCc1nnc(N(CC)CCOC)c(C(N)=NO)c1CC. The highest BCUT2D eigenvalue weighted by molar-refractivity contribution is 6.03. The van der Waals surface area contributed by atoms with Crippen molar-refractivity contribution in [3.8, 4) is 0 Å². The highest BCUT2D eigenvalue weighted by Gasteiger charge is 2.21. The van der Waals surface area contributed by atoms with Crippen LogP contribution in [-0.4, -0.2) is 48.0 Å². The van der Waals surface area contributed by atoms with E-state index in [0.29, 0.717) is 24.5 Å². The van der Waals surface area contributed by atoms with Crippen molar-refractivity contribution in [1.29, 1.82) is 0 Å². The summed E-state index contributed by atoms with van der Waals surface area (Å²) in [7, 11) is 1.65. The molecular formula is C14H25N5O2. The van der Waals surface area contributed by atoms with Gasteiger partial charge in [-0.1, -0.05) is 19.0 Å². The second-order valence-electron chi connectivity index (χ2n) is 4.59. The molecule has 1 heterocycles. The Labute approximate surface area is 125 Å². The predicted molar refractivity (Wildman–Crippen MR) is 83.1 cm³/mol. The first-order valence-electron chi connectivity index (χ1n) is 7.24. The van der Waals surface area contributed by atoms with Crippen molar-refractivity contribution in [2.24, 2.45) is 10.9 Å². The minimum absolute atomic E-state index is 0.0716. The van der Waals surface area contributed by atoms with Crippen LogP contribution in [0.4, 0.5) is 5.82 Å². The third kappa shape index (κ3) is 3.81. The Balaban J connectivity index is 3.42. The zero-order valence-corrected chi connectivity index (χ0v) is 13.3. The van der Waals surface area contributed by atoms with Crippen molar-refractivity contribution in [2.75, 3.05) is 31.7 Å². The number of hydrogen-bond donors (Lipinski definition) is 2. The molecule has 1 aromatic heterocycles. The summed E-state index contributed by atoms with van der Waals surface area (Å²) in [4.78, 5) is 2.02. The second-order valence-corrected chi connectivity index (χ2v) is 4.59. The van der Waals surface area contributed by atoms with E-state index in [-0.39, 0.29) is 5.84 Å². The van der Waals surface area contributed by atoms with Crippen LogP contribution in [-0.2, 0) is 17.6 Å². The van der Waals surface area contributed by atoms with E-state index in [2.05, 4.69) is 15.4 Å². The first-order valence-corrected chi connectivity index (χ1v) is 7.24. The number of methoxy groups -OCH3 is 1. The standard InChI is InChI=1S/C14H25N5O2/c1-5-10-11(6-2)16-17-14(12(10)13(15)18-20)19(7-3)8-9-21-4/h20H,5-9H2,1-4H3,(H2,15,18). The molecule has 0 atom stereocenters. The van der Waals surface area contributed by atoms with Crippen LogP contribution in [0.5, 0.6) is 0 Å². The molecule has 0 radical (unpaired) electrons. The van der Waals surface area contributed by atoms with Gasteiger partial charge in [-0.3, -0.25) is 0 Å². The monoisotopic (exact) mass is 295 g/mol. The Morgan fingerprint density at radius 2 is 2.00 bits per heavy atom. The van der Waals surface area contributed by atoms with Crippen LogP contribution in [0, 0.1) is 0 Å². The average Bonchev–Trinajstić information content (AvgIpc) is 2.53. The Kier molecular flexibility index (Phi) is 6.87. The van der Waals surface area contributed by atoms with Crippen molar-refractivity contribution in [3.05, 3.63) is 16.8 Å². The second kappa shape index (κ2) is 8.41. The molecule has 7 heteroatoms. The number of amidine groups is 1. The molecule has 0 aliphatic carbocycles. The lowest BCUT2D eigenvalue weighted by Gasteiger charge is -2.25. The summed E-state index contributed by atoms with van der Waals surface area (Å²) in [6.45, 7) is 8.04. The number of ether oxygens (including phenoxy) is 1. The number of aryl methyl sites for hydroxylation is 1. The summed E-state index contributed by atoms with van der Waals surface area (Å²) < 4.78 is 5.12. The zero-order valence-electron chi connectivity index (χ0n) is 13.3. The zero-order chi connectivity index (χ0) is 15.8. The number of aromatic nitrogens is 2. The van der Waals surface area contributed by atoms with E-state index in [0.717, 1.165) is 30.6 Å². The molecule has 1 aromatic rings. The van der Waals surface area contributed by atoms with Crippen LogP contribution in [0.3, 0.4) is 0 Å². The summed E-state index contributed by atoms with van der Waals surface area (Å²) >= 11 is 0. The molecule has 0 saturated carbocycles. The van der Waals surface area contributed by atoms with Crippen molar-refractivity contribution < 1.29 is 9.94 Å². The van der Waals surface area contributed by atoms with Gasteiger partial charge < -0.3 is 20.6 Å². The summed E-state index contributed by atoms with van der Waals surface area (Å²) in [5, 5.41) is 20.9. The number of rotatable bonds is 8. The molecule has 0 aliphatic rings. The lowest BCUT2D eigenvalue weighted by Crippen LogP contribution is -2.32. The van der Waals surface area contributed by atoms with Gasteiger partial charge in [0.1, 0.15) is 0 Å². The third-order valence-electron chi connectivity index (χ3n) is 3.44. The number of anilines is 1. The minimum atomic E-state index is 0.0716. The molecule has 1 rings (SSSR count). The van der Waals surface area contributed by atoms with Crippen molar-refractivity contribution in [3.63, 3.8) is 0 Å². The van der Waals surface area contributed by atoms with Gasteiger partial charge >= 0.3 is 0 Å². The Bertz CT molecular complexity index is 490. The molecule has 0 fully saturated rings. The first-order chi connectivity index (χ1) is 10.1. The van der Waals surface area contributed by atoms with Gasteiger partial charge in [-0.25, -0.2) is 0 Å². The van der Waals surface area contributed by atoms with Crippen LogP contribution < -0.4 is 10.6 Å². The van der Waals surface area contributed by atoms with Gasteiger partial charge in [-0.05, 0) is 25.3 Å². The van der Waals surface area contributed by atoms with Gasteiger partial charge in [0, 0.05) is 20.2 Å². The number of likely N-dealkylation sites (N-methyl/N-ethyl adjacent to an activating group) is 1. The van der Waals surface area contributed by atoms with Crippen LogP contribution >= 0.6 is 0 Å². The maximum absolute atomic E-state index is 9.10. The Morgan fingerprint density at radius 1 is 1.29 bits per heavy atom. The van der Waals surface area contributed by atoms with E-state index in [1.54, 1.807) is 7.11 Å².